The van der Waals surface area contributed by atoms with E-state index in [1.807, 2.05) is 48.0 Å². The molecule has 0 fully saturated rings. The summed E-state index contributed by atoms with van der Waals surface area (Å²) in [4.78, 5) is 30.2. The fourth-order valence-corrected chi connectivity index (χ4v) is 3.96. The average Bonchev–Trinajstić information content (AvgIpc) is 3.32. The van der Waals surface area contributed by atoms with Crippen LogP contribution in [-0.2, 0) is 14.3 Å². The summed E-state index contributed by atoms with van der Waals surface area (Å²) >= 11 is 3.11. The Balaban J connectivity index is 1.55. The van der Waals surface area contributed by atoms with Crippen molar-refractivity contribution in [3.63, 3.8) is 0 Å². The van der Waals surface area contributed by atoms with Crippen molar-refractivity contribution in [2.24, 2.45) is 0 Å². The first-order valence-corrected chi connectivity index (χ1v) is 9.78. The van der Waals surface area contributed by atoms with Crippen LogP contribution in [0.4, 0.5) is 0 Å². The lowest BCUT2D eigenvalue weighted by atomic mass is 10.3. The number of rotatable bonds is 6. The zero-order chi connectivity index (χ0) is 18.5. The Morgan fingerprint density at radius 2 is 2.12 bits per heavy atom. The summed E-state index contributed by atoms with van der Waals surface area (Å²) < 4.78 is 6.12. The van der Waals surface area contributed by atoms with E-state index in [0.29, 0.717) is 0 Å². The summed E-state index contributed by atoms with van der Waals surface area (Å²) in [6.07, 6.45) is 2.99. The van der Waals surface area contributed by atoms with E-state index in [4.69, 9.17) is 4.74 Å². The van der Waals surface area contributed by atoms with Gasteiger partial charge in [0, 0.05) is 13.1 Å². The molecule has 7 heteroatoms. The number of carbonyl (C=O) groups excluding carboxylic acids is 2. The van der Waals surface area contributed by atoms with Crippen molar-refractivity contribution in [1.29, 1.82) is 0 Å². The van der Waals surface area contributed by atoms with Crippen LogP contribution in [0.1, 0.15) is 23.5 Å². The van der Waals surface area contributed by atoms with E-state index in [-0.39, 0.29) is 18.6 Å². The summed E-state index contributed by atoms with van der Waals surface area (Å²) in [7, 11) is 1.69. The monoisotopic (exact) mass is 386 g/mol. The van der Waals surface area contributed by atoms with Gasteiger partial charge in [0.25, 0.3) is 5.91 Å². The number of hydrogen-bond acceptors (Lipinski definition) is 6. The molecule has 0 spiro atoms. The van der Waals surface area contributed by atoms with Gasteiger partial charge in [0.1, 0.15) is 5.01 Å². The molecule has 3 aromatic rings. The van der Waals surface area contributed by atoms with Crippen molar-refractivity contribution >= 4 is 50.8 Å². The Kier molecular flexibility index (Phi) is 5.80. The molecule has 3 rings (SSSR count). The number of fused-ring (bicyclic) bond motifs is 1. The van der Waals surface area contributed by atoms with E-state index < -0.39 is 5.97 Å². The lowest BCUT2D eigenvalue weighted by molar-refractivity contribution is -0.148. The Morgan fingerprint density at radius 3 is 2.85 bits per heavy atom. The van der Waals surface area contributed by atoms with E-state index >= 15 is 0 Å². The summed E-state index contributed by atoms with van der Waals surface area (Å²) in [5.74, 6) is -0.806. The molecule has 26 heavy (non-hydrogen) atoms. The van der Waals surface area contributed by atoms with E-state index in [1.54, 1.807) is 40.7 Å². The van der Waals surface area contributed by atoms with Crippen LogP contribution in [-0.4, -0.2) is 35.4 Å². The van der Waals surface area contributed by atoms with Gasteiger partial charge in [-0.2, -0.15) is 11.3 Å². The number of amides is 1. The molecule has 0 saturated carbocycles. The maximum Gasteiger partial charge on any atom is 0.331 e. The normalized spacial score (nSPS) is 12.4. The van der Waals surface area contributed by atoms with Crippen molar-refractivity contribution in [2.75, 3.05) is 13.7 Å². The van der Waals surface area contributed by atoms with E-state index in [9.17, 15) is 9.59 Å². The van der Waals surface area contributed by atoms with Gasteiger partial charge in [0.05, 0.1) is 16.3 Å². The fourth-order valence-electron chi connectivity index (χ4n) is 2.27. The Labute approximate surface area is 159 Å². The number of thiophene rings is 1. The number of hydrogen-bond donors (Lipinski definition) is 0. The van der Waals surface area contributed by atoms with Crippen molar-refractivity contribution in [3.05, 3.63) is 57.7 Å². The van der Waals surface area contributed by atoms with Crippen LogP contribution in [0.3, 0.4) is 0 Å². The molecule has 1 aromatic carbocycles. The lowest BCUT2D eigenvalue weighted by Crippen LogP contribution is -2.33. The summed E-state index contributed by atoms with van der Waals surface area (Å²) in [6.45, 7) is 1.62. The molecule has 0 N–H and O–H groups in total. The number of aromatic nitrogens is 1. The van der Waals surface area contributed by atoms with Crippen LogP contribution in [0, 0.1) is 0 Å². The van der Waals surface area contributed by atoms with Crippen LogP contribution >= 0.6 is 22.7 Å². The van der Waals surface area contributed by atoms with E-state index in [1.165, 1.54) is 6.08 Å². The highest BCUT2D eigenvalue weighted by Gasteiger charge is 2.21. The number of para-hydroxylation sites is 1. The van der Waals surface area contributed by atoms with Gasteiger partial charge in [-0.1, -0.05) is 12.1 Å². The number of thiazole rings is 1. The van der Waals surface area contributed by atoms with Gasteiger partial charge in [-0.3, -0.25) is 4.79 Å². The van der Waals surface area contributed by atoms with Crippen molar-refractivity contribution < 1.29 is 14.3 Å². The highest BCUT2D eigenvalue weighted by molar-refractivity contribution is 7.18. The third kappa shape index (κ3) is 4.36. The van der Waals surface area contributed by atoms with Crippen LogP contribution in [0.5, 0.6) is 0 Å². The lowest BCUT2D eigenvalue weighted by Gasteiger charge is -2.22. The van der Waals surface area contributed by atoms with Crippen LogP contribution in [0.25, 0.3) is 16.3 Å². The number of nitrogens with zero attached hydrogens (tertiary/aromatic N) is 2. The second kappa shape index (κ2) is 8.25. The molecule has 134 valence electrons. The molecule has 0 aliphatic heterocycles. The van der Waals surface area contributed by atoms with Gasteiger partial charge in [0.15, 0.2) is 6.61 Å². The van der Waals surface area contributed by atoms with Crippen LogP contribution in [0.2, 0.25) is 0 Å². The summed E-state index contributed by atoms with van der Waals surface area (Å²) in [5.41, 5.74) is 1.85. The summed E-state index contributed by atoms with van der Waals surface area (Å²) in [5, 5.41) is 4.70. The van der Waals surface area contributed by atoms with Gasteiger partial charge in [-0.25, -0.2) is 9.78 Å². The SMILES string of the molecule is C[C@H](c1nc2ccccc2s1)N(C)C(=O)COC(=O)/C=C/c1ccsc1. The molecule has 0 bridgehead atoms. The molecule has 1 amide bonds. The molecule has 2 heterocycles. The van der Waals surface area contributed by atoms with Crippen molar-refractivity contribution in [1.82, 2.24) is 9.88 Å². The molecule has 5 nitrogen and oxygen atoms in total. The quantitative estimate of drug-likeness (QED) is 0.472. The number of ether oxygens (including phenoxy) is 1. The fraction of sp³-hybridized carbons (Fsp3) is 0.211. The molecule has 0 radical (unpaired) electrons. The minimum absolute atomic E-state index is 0.194. The number of esters is 1. The number of carbonyl (C=O) groups is 2. The van der Waals surface area contributed by atoms with Gasteiger partial charge in [-0.15, -0.1) is 11.3 Å². The second-order valence-corrected chi connectivity index (χ2v) is 7.54. The summed E-state index contributed by atoms with van der Waals surface area (Å²) in [6, 6.07) is 9.56. The van der Waals surface area contributed by atoms with Gasteiger partial charge < -0.3 is 9.64 Å². The topological polar surface area (TPSA) is 59.5 Å². The van der Waals surface area contributed by atoms with Crippen LogP contribution < -0.4 is 0 Å². The maximum absolute atomic E-state index is 12.3. The Bertz CT molecular complexity index is 898. The smallest absolute Gasteiger partial charge is 0.331 e. The zero-order valence-corrected chi connectivity index (χ0v) is 16.0. The predicted octanol–water partition coefficient (Wildman–Crippen LogP) is 4.13. The highest BCUT2D eigenvalue weighted by Crippen LogP contribution is 2.28. The number of benzene rings is 1. The highest BCUT2D eigenvalue weighted by atomic mass is 32.1. The third-order valence-corrected chi connectivity index (χ3v) is 5.84. The van der Waals surface area contributed by atoms with E-state index in [0.717, 1.165) is 20.8 Å². The minimum atomic E-state index is -0.536. The molecular weight excluding hydrogens is 368 g/mol. The van der Waals surface area contributed by atoms with Gasteiger partial charge in [0.2, 0.25) is 0 Å². The van der Waals surface area contributed by atoms with E-state index in [2.05, 4.69) is 4.98 Å². The maximum atomic E-state index is 12.3. The molecular formula is C19H18N2O3S2. The Morgan fingerprint density at radius 1 is 1.31 bits per heavy atom. The Hall–Kier alpha value is -2.51. The van der Waals surface area contributed by atoms with Gasteiger partial charge in [-0.05, 0) is 47.5 Å². The average molecular weight is 386 g/mol. The first-order chi connectivity index (χ1) is 12.5. The molecule has 1 atom stereocenters. The standard InChI is InChI=1S/C19H18N2O3S2/c1-13(19-20-15-5-3-4-6-16(15)26-19)21(2)17(22)11-24-18(23)8-7-14-9-10-25-12-14/h3-10,12-13H,11H2,1-2H3/b8-7+/t13-/m1/s1. The molecule has 0 aliphatic rings. The minimum Gasteiger partial charge on any atom is -0.452 e. The molecule has 0 aliphatic carbocycles. The largest absolute Gasteiger partial charge is 0.452 e. The molecule has 2 aromatic heterocycles. The van der Waals surface area contributed by atoms with Crippen molar-refractivity contribution in [2.45, 2.75) is 13.0 Å². The van der Waals surface area contributed by atoms with Crippen molar-refractivity contribution in [3.8, 4) is 0 Å². The molecule has 0 unspecified atom stereocenters. The zero-order valence-electron chi connectivity index (χ0n) is 14.4. The first kappa shape index (κ1) is 18.3. The molecule has 0 saturated heterocycles. The first-order valence-electron chi connectivity index (χ1n) is 8.03. The third-order valence-electron chi connectivity index (χ3n) is 3.94. The number of likely N-dealkylation sites (N-methyl/N-ethyl adjacent to an activating group) is 1. The van der Waals surface area contributed by atoms with Gasteiger partial charge >= 0.3 is 5.97 Å². The van der Waals surface area contributed by atoms with Crippen LogP contribution in [0.15, 0.2) is 47.2 Å². The second-order valence-electron chi connectivity index (χ2n) is 5.70. The predicted molar refractivity (Wildman–Crippen MR) is 105 cm³/mol.